The molecule has 1 rings (SSSR count). The second-order valence-electron chi connectivity index (χ2n) is 3.51. The van der Waals surface area contributed by atoms with Crippen molar-refractivity contribution in [3.8, 4) is 0 Å². The van der Waals surface area contributed by atoms with Gasteiger partial charge in [0.05, 0.1) is 0 Å². The van der Waals surface area contributed by atoms with Crippen molar-refractivity contribution in [2.45, 2.75) is 26.4 Å². The Morgan fingerprint density at radius 2 is 2.21 bits per heavy atom. The molecule has 1 N–H and O–H groups in total. The van der Waals surface area contributed by atoms with Gasteiger partial charge in [0.25, 0.3) is 0 Å². The van der Waals surface area contributed by atoms with E-state index in [-0.39, 0.29) is 5.82 Å². The molecule has 0 bridgehead atoms. The maximum atomic E-state index is 12.8. The van der Waals surface area contributed by atoms with Gasteiger partial charge in [0, 0.05) is 17.9 Å². The molecule has 78 valence electrons. The maximum absolute atomic E-state index is 12.8. The number of nitrogens with one attached hydrogen (secondary N) is 1. The smallest absolute Gasteiger partial charge is 0.123 e. The van der Waals surface area contributed by atoms with Crippen LogP contribution in [0.15, 0.2) is 18.2 Å². The molecule has 0 aromatic heterocycles. The van der Waals surface area contributed by atoms with Gasteiger partial charge in [0.1, 0.15) is 5.82 Å². The van der Waals surface area contributed by atoms with Crippen LogP contribution in [-0.2, 0) is 6.54 Å². The molecule has 1 unspecified atom stereocenters. The van der Waals surface area contributed by atoms with E-state index < -0.39 is 0 Å². The minimum Gasteiger partial charge on any atom is -0.309 e. The highest BCUT2D eigenvalue weighted by Crippen LogP contribution is 2.10. The average Bonchev–Trinajstić information content (AvgIpc) is 2.16. The number of rotatable bonds is 4. The third kappa shape index (κ3) is 3.39. The predicted molar refractivity (Wildman–Crippen MR) is 61.2 cm³/mol. The monoisotopic (exact) mass is 259 g/mol. The molecule has 0 aliphatic rings. The Hall–Kier alpha value is -0.410. The fraction of sp³-hybridized carbons (Fsp3) is 0.455. The zero-order chi connectivity index (χ0) is 10.6. The third-order valence-electron chi connectivity index (χ3n) is 2.18. The molecule has 0 amide bonds. The Kier molecular flexibility index (Phi) is 4.55. The summed E-state index contributed by atoms with van der Waals surface area (Å²) < 4.78 is 12.8. The minimum atomic E-state index is -0.167. The Bertz CT molecular complexity index is 301. The highest BCUT2D eigenvalue weighted by molar-refractivity contribution is 9.09. The fourth-order valence-corrected chi connectivity index (χ4v) is 1.43. The van der Waals surface area contributed by atoms with Crippen molar-refractivity contribution in [1.82, 2.24) is 5.32 Å². The van der Waals surface area contributed by atoms with Crippen molar-refractivity contribution in [3.05, 3.63) is 35.1 Å². The van der Waals surface area contributed by atoms with Gasteiger partial charge in [-0.3, -0.25) is 0 Å². The van der Waals surface area contributed by atoms with Gasteiger partial charge in [-0.2, -0.15) is 0 Å². The van der Waals surface area contributed by atoms with Crippen LogP contribution >= 0.6 is 15.9 Å². The summed E-state index contributed by atoms with van der Waals surface area (Å²) in [5.74, 6) is -0.167. The van der Waals surface area contributed by atoms with E-state index in [0.29, 0.717) is 6.04 Å². The van der Waals surface area contributed by atoms with Gasteiger partial charge >= 0.3 is 0 Å². The van der Waals surface area contributed by atoms with Gasteiger partial charge in [0.2, 0.25) is 0 Å². The molecule has 0 saturated heterocycles. The Balaban J connectivity index is 2.59. The van der Waals surface area contributed by atoms with Crippen LogP contribution in [0.2, 0.25) is 0 Å². The first-order valence-electron chi connectivity index (χ1n) is 4.68. The molecule has 1 nitrogen and oxygen atoms in total. The highest BCUT2D eigenvalue weighted by atomic mass is 79.9. The lowest BCUT2D eigenvalue weighted by Gasteiger charge is -2.12. The third-order valence-corrected chi connectivity index (χ3v) is 3.15. The molecule has 1 aromatic carbocycles. The zero-order valence-corrected chi connectivity index (χ0v) is 10.1. The summed E-state index contributed by atoms with van der Waals surface area (Å²) in [6.45, 7) is 4.82. The molecule has 0 heterocycles. The zero-order valence-electron chi connectivity index (χ0n) is 8.48. The molecule has 0 fully saturated rings. The van der Waals surface area contributed by atoms with Gasteiger partial charge in [-0.1, -0.05) is 22.0 Å². The number of halogens is 2. The number of alkyl halides is 1. The topological polar surface area (TPSA) is 12.0 Å². The number of hydrogen-bond donors (Lipinski definition) is 1. The Labute approximate surface area is 92.8 Å². The van der Waals surface area contributed by atoms with Crippen molar-refractivity contribution in [2.24, 2.45) is 0 Å². The van der Waals surface area contributed by atoms with Crippen LogP contribution < -0.4 is 5.32 Å². The summed E-state index contributed by atoms with van der Waals surface area (Å²) in [5.41, 5.74) is 2.15. The second kappa shape index (κ2) is 5.47. The summed E-state index contributed by atoms with van der Waals surface area (Å²) >= 11 is 3.40. The van der Waals surface area contributed by atoms with Gasteiger partial charge in [-0.05, 0) is 37.1 Å². The van der Waals surface area contributed by atoms with E-state index in [1.807, 2.05) is 13.0 Å². The lowest BCUT2D eigenvalue weighted by molar-refractivity contribution is 0.592. The van der Waals surface area contributed by atoms with Crippen molar-refractivity contribution >= 4 is 15.9 Å². The van der Waals surface area contributed by atoms with E-state index in [1.165, 1.54) is 6.07 Å². The van der Waals surface area contributed by atoms with Crippen molar-refractivity contribution < 1.29 is 4.39 Å². The van der Waals surface area contributed by atoms with Crippen LogP contribution in [0.1, 0.15) is 18.1 Å². The van der Waals surface area contributed by atoms with Crippen LogP contribution in [0.5, 0.6) is 0 Å². The van der Waals surface area contributed by atoms with Crippen molar-refractivity contribution in [2.75, 3.05) is 5.33 Å². The molecule has 1 atom stereocenters. The summed E-state index contributed by atoms with van der Waals surface area (Å²) in [7, 11) is 0. The van der Waals surface area contributed by atoms with Crippen LogP contribution in [0.3, 0.4) is 0 Å². The molecule has 3 heteroatoms. The number of hydrogen-bond acceptors (Lipinski definition) is 1. The molecule has 1 aromatic rings. The molecular weight excluding hydrogens is 245 g/mol. The van der Waals surface area contributed by atoms with Gasteiger partial charge in [-0.15, -0.1) is 0 Å². The van der Waals surface area contributed by atoms with Crippen LogP contribution in [0, 0.1) is 12.7 Å². The SMILES string of the molecule is Cc1cc(F)ccc1CNC(C)CBr. The molecule has 0 aliphatic heterocycles. The minimum absolute atomic E-state index is 0.167. The summed E-state index contributed by atoms with van der Waals surface area (Å²) in [6.07, 6.45) is 0. The molecular formula is C11H15BrFN. The predicted octanol–water partition coefficient (Wildman–Crippen LogP) is 3.01. The highest BCUT2D eigenvalue weighted by Gasteiger charge is 2.02. The lowest BCUT2D eigenvalue weighted by atomic mass is 10.1. The summed E-state index contributed by atoms with van der Waals surface area (Å²) in [4.78, 5) is 0. The van der Waals surface area contributed by atoms with Crippen LogP contribution in [-0.4, -0.2) is 11.4 Å². The first kappa shape index (κ1) is 11.7. The molecule has 0 saturated carbocycles. The summed E-state index contributed by atoms with van der Waals surface area (Å²) in [5, 5.41) is 4.26. The quantitative estimate of drug-likeness (QED) is 0.820. The normalized spacial score (nSPS) is 12.9. The van der Waals surface area contributed by atoms with Gasteiger partial charge in [-0.25, -0.2) is 4.39 Å². The molecule has 14 heavy (non-hydrogen) atoms. The number of benzene rings is 1. The van der Waals surface area contributed by atoms with Gasteiger partial charge in [0.15, 0.2) is 0 Å². The van der Waals surface area contributed by atoms with E-state index >= 15 is 0 Å². The Morgan fingerprint density at radius 1 is 1.50 bits per heavy atom. The second-order valence-corrected chi connectivity index (χ2v) is 4.15. The molecule has 0 radical (unpaired) electrons. The van der Waals surface area contributed by atoms with E-state index in [4.69, 9.17) is 0 Å². The fourth-order valence-electron chi connectivity index (χ4n) is 1.20. The van der Waals surface area contributed by atoms with E-state index in [1.54, 1.807) is 6.07 Å². The summed E-state index contributed by atoms with van der Waals surface area (Å²) in [6, 6.07) is 5.33. The van der Waals surface area contributed by atoms with Crippen molar-refractivity contribution in [3.63, 3.8) is 0 Å². The van der Waals surface area contributed by atoms with E-state index in [2.05, 4.69) is 28.2 Å². The van der Waals surface area contributed by atoms with E-state index in [9.17, 15) is 4.39 Å². The standard InChI is InChI=1S/C11H15BrFN/c1-8-5-11(13)4-3-10(8)7-14-9(2)6-12/h3-5,9,14H,6-7H2,1-2H3. The largest absolute Gasteiger partial charge is 0.309 e. The van der Waals surface area contributed by atoms with E-state index in [0.717, 1.165) is 23.0 Å². The van der Waals surface area contributed by atoms with Crippen molar-refractivity contribution in [1.29, 1.82) is 0 Å². The molecule has 0 spiro atoms. The average molecular weight is 260 g/mol. The Morgan fingerprint density at radius 3 is 2.79 bits per heavy atom. The first-order chi connectivity index (χ1) is 6.63. The van der Waals surface area contributed by atoms with Gasteiger partial charge < -0.3 is 5.32 Å². The molecule has 0 aliphatic carbocycles. The first-order valence-corrected chi connectivity index (χ1v) is 5.80. The van der Waals surface area contributed by atoms with Crippen LogP contribution in [0.25, 0.3) is 0 Å². The van der Waals surface area contributed by atoms with Crippen LogP contribution in [0.4, 0.5) is 4.39 Å². The lowest BCUT2D eigenvalue weighted by Crippen LogP contribution is -2.26. The number of aryl methyl sites for hydroxylation is 1. The maximum Gasteiger partial charge on any atom is 0.123 e.